The van der Waals surface area contributed by atoms with Crippen LogP contribution >= 0.6 is 23.1 Å². The van der Waals surface area contributed by atoms with Gasteiger partial charge >= 0.3 is 5.97 Å². The fourth-order valence-corrected chi connectivity index (χ4v) is 4.26. The van der Waals surface area contributed by atoms with E-state index in [9.17, 15) is 9.59 Å². The van der Waals surface area contributed by atoms with Crippen molar-refractivity contribution in [1.29, 1.82) is 0 Å². The normalized spacial score (nSPS) is 15.7. The number of aliphatic carboxylic acids is 1. The first-order valence-electron chi connectivity index (χ1n) is 7.08. The van der Waals surface area contributed by atoms with E-state index in [2.05, 4.69) is 4.98 Å². The van der Waals surface area contributed by atoms with Gasteiger partial charge in [0.25, 0.3) is 0 Å². The van der Waals surface area contributed by atoms with Crippen molar-refractivity contribution in [3.63, 3.8) is 0 Å². The summed E-state index contributed by atoms with van der Waals surface area (Å²) in [5.41, 5.74) is 0.931. The number of carboxylic acid groups (broad SMARTS) is 1. The Kier molecular flexibility index (Phi) is 4.35. The summed E-state index contributed by atoms with van der Waals surface area (Å²) in [4.78, 5) is 29.5. The zero-order valence-electron chi connectivity index (χ0n) is 12.1. The minimum absolute atomic E-state index is 0.0922. The summed E-state index contributed by atoms with van der Waals surface area (Å²) in [6, 6.07) is 7.17. The van der Waals surface area contributed by atoms with Crippen LogP contribution in [0.3, 0.4) is 0 Å². The van der Waals surface area contributed by atoms with Gasteiger partial charge in [0.1, 0.15) is 6.04 Å². The van der Waals surface area contributed by atoms with Crippen molar-refractivity contribution in [2.45, 2.75) is 36.2 Å². The molecule has 0 aliphatic heterocycles. The topological polar surface area (TPSA) is 70.5 Å². The van der Waals surface area contributed by atoms with E-state index in [0.29, 0.717) is 0 Å². The summed E-state index contributed by atoms with van der Waals surface area (Å²) < 4.78 is 1.93. The highest BCUT2D eigenvalue weighted by molar-refractivity contribution is 8.01. The van der Waals surface area contributed by atoms with Gasteiger partial charge in [0.15, 0.2) is 4.34 Å². The molecule has 116 valence electrons. The molecule has 1 N–H and O–H groups in total. The van der Waals surface area contributed by atoms with Crippen molar-refractivity contribution in [2.24, 2.45) is 0 Å². The number of thiazole rings is 1. The lowest BCUT2D eigenvalue weighted by Crippen LogP contribution is -2.45. The van der Waals surface area contributed by atoms with E-state index < -0.39 is 12.0 Å². The molecule has 1 heterocycles. The van der Waals surface area contributed by atoms with Crippen LogP contribution < -0.4 is 0 Å². The van der Waals surface area contributed by atoms with Crippen LogP contribution in [-0.4, -0.2) is 44.7 Å². The van der Waals surface area contributed by atoms with Crippen molar-refractivity contribution in [1.82, 2.24) is 9.88 Å². The number of aromatic nitrogens is 1. The first-order valence-corrected chi connectivity index (χ1v) is 8.89. The van der Waals surface area contributed by atoms with Crippen LogP contribution in [0.15, 0.2) is 28.6 Å². The standard InChI is InChI=1S/C15H16N2O3S2/c1-9(14(19)20)17(10-6-7-10)13(18)8-21-15-16-11-4-2-3-5-12(11)22-15/h2-5,9-10H,6-8H2,1H3,(H,19,20). The predicted molar refractivity (Wildman–Crippen MR) is 87.3 cm³/mol. The van der Waals surface area contributed by atoms with E-state index in [4.69, 9.17) is 5.11 Å². The van der Waals surface area contributed by atoms with Crippen molar-refractivity contribution in [3.8, 4) is 0 Å². The monoisotopic (exact) mass is 336 g/mol. The van der Waals surface area contributed by atoms with Gasteiger partial charge in [-0.15, -0.1) is 11.3 Å². The second-order valence-corrected chi connectivity index (χ2v) is 7.54. The largest absolute Gasteiger partial charge is 0.480 e. The van der Waals surface area contributed by atoms with Gasteiger partial charge in [0.2, 0.25) is 5.91 Å². The molecule has 1 unspecified atom stereocenters. The number of nitrogens with zero attached hydrogens (tertiary/aromatic N) is 2. The number of thioether (sulfide) groups is 1. The van der Waals surface area contributed by atoms with E-state index >= 15 is 0 Å². The minimum Gasteiger partial charge on any atom is -0.480 e. The van der Waals surface area contributed by atoms with Gasteiger partial charge in [-0.1, -0.05) is 23.9 Å². The molecule has 1 atom stereocenters. The molecule has 0 bridgehead atoms. The van der Waals surface area contributed by atoms with E-state index in [1.54, 1.807) is 18.3 Å². The Labute approximate surface area is 136 Å². The van der Waals surface area contributed by atoms with Crippen molar-refractivity contribution < 1.29 is 14.7 Å². The van der Waals surface area contributed by atoms with Gasteiger partial charge in [-0.25, -0.2) is 9.78 Å². The van der Waals surface area contributed by atoms with Crippen molar-refractivity contribution >= 4 is 45.2 Å². The average molecular weight is 336 g/mol. The van der Waals surface area contributed by atoms with E-state index in [-0.39, 0.29) is 17.7 Å². The first-order chi connectivity index (χ1) is 10.6. The molecule has 0 saturated heterocycles. The van der Waals surface area contributed by atoms with Crippen molar-refractivity contribution in [2.75, 3.05) is 5.75 Å². The van der Waals surface area contributed by atoms with Crippen LogP contribution in [0, 0.1) is 0 Å². The Morgan fingerprint density at radius 1 is 1.45 bits per heavy atom. The molecule has 22 heavy (non-hydrogen) atoms. The van der Waals surface area contributed by atoms with Gasteiger partial charge < -0.3 is 10.0 Å². The lowest BCUT2D eigenvalue weighted by molar-refractivity contribution is -0.148. The molecule has 3 rings (SSSR count). The van der Waals surface area contributed by atoms with Gasteiger partial charge in [0.05, 0.1) is 16.0 Å². The molecule has 1 fully saturated rings. The van der Waals surface area contributed by atoms with Gasteiger partial charge in [-0.2, -0.15) is 0 Å². The molecule has 1 amide bonds. The molecular weight excluding hydrogens is 320 g/mol. The molecule has 0 radical (unpaired) electrons. The number of hydrogen-bond donors (Lipinski definition) is 1. The SMILES string of the molecule is CC(C(=O)O)N(C(=O)CSc1nc2ccccc2s1)C1CC1. The zero-order valence-corrected chi connectivity index (χ0v) is 13.7. The summed E-state index contributed by atoms with van der Waals surface area (Å²) in [6.07, 6.45) is 1.80. The van der Waals surface area contributed by atoms with E-state index in [1.165, 1.54) is 16.7 Å². The number of rotatable bonds is 6. The van der Waals surface area contributed by atoms with E-state index in [0.717, 1.165) is 27.4 Å². The summed E-state index contributed by atoms with van der Waals surface area (Å²) in [7, 11) is 0. The third kappa shape index (κ3) is 3.25. The summed E-state index contributed by atoms with van der Waals surface area (Å²) in [6.45, 7) is 1.57. The summed E-state index contributed by atoms with van der Waals surface area (Å²) in [5, 5.41) is 9.15. The molecule has 1 aliphatic rings. The lowest BCUT2D eigenvalue weighted by atomic mass is 10.2. The molecule has 5 nitrogen and oxygen atoms in total. The number of amides is 1. The molecule has 1 aromatic heterocycles. The maximum atomic E-state index is 12.4. The Morgan fingerprint density at radius 3 is 2.82 bits per heavy atom. The van der Waals surface area contributed by atoms with Gasteiger partial charge in [-0.3, -0.25) is 4.79 Å². The van der Waals surface area contributed by atoms with Gasteiger partial charge in [0, 0.05) is 6.04 Å². The summed E-state index contributed by atoms with van der Waals surface area (Å²) >= 11 is 2.93. The molecule has 7 heteroatoms. The Balaban J connectivity index is 1.66. The van der Waals surface area contributed by atoms with Crippen LogP contribution in [0.25, 0.3) is 10.2 Å². The summed E-state index contributed by atoms with van der Waals surface area (Å²) in [5.74, 6) is -0.847. The van der Waals surface area contributed by atoms with Crippen LogP contribution in [-0.2, 0) is 9.59 Å². The molecule has 1 saturated carbocycles. The number of para-hydroxylation sites is 1. The Morgan fingerprint density at radius 2 is 2.18 bits per heavy atom. The number of fused-ring (bicyclic) bond motifs is 1. The first kappa shape index (κ1) is 15.3. The second-order valence-electron chi connectivity index (χ2n) is 5.28. The fraction of sp³-hybridized carbons (Fsp3) is 0.400. The zero-order chi connectivity index (χ0) is 15.7. The smallest absolute Gasteiger partial charge is 0.326 e. The maximum absolute atomic E-state index is 12.4. The molecule has 0 spiro atoms. The number of carbonyl (C=O) groups excluding carboxylic acids is 1. The number of hydrogen-bond acceptors (Lipinski definition) is 5. The van der Waals surface area contributed by atoms with E-state index in [1.807, 2.05) is 24.3 Å². The second kappa shape index (κ2) is 6.26. The van der Waals surface area contributed by atoms with Crippen molar-refractivity contribution in [3.05, 3.63) is 24.3 Å². The fourth-order valence-electron chi connectivity index (χ4n) is 2.32. The van der Waals surface area contributed by atoms with Gasteiger partial charge in [-0.05, 0) is 31.9 Å². The average Bonchev–Trinajstić information content (AvgIpc) is 3.23. The maximum Gasteiger partial charge on any atom is 0.326 e. The molecule has 2 aromatic rings. The predicted octanol–water partition coefficient (Wildman–Crippen LogP) is 2.85. The quantitative estimate of drug-likeness (QED) is 0.821. The molecule has 1 aliphatic carbocycles. The third-order valence-corrected chi connectivity index (χ3v) is 5.76. The highest BCUT2D eigenvalue weighted by Crippen LogP contribution is 2.32. The Bertz CT molecular complexity index is 679. The minimum atomic E-state index is -0.953. The lowest BCUT2D eigenvalue weighted by Gasteiger charge is -2.26. The number of benzene rings is 1. The molecular formula is C15H16N2O3S2. The van der Waals surface area contributed by atoms with Crippen LogP contribution in [0.5, 0.6) is 0 Å². The third-order valence-electron chi connectivity index (χ3n) is 3.60. The Hall–Kier alpha value is -1.60. The number of carboxylic acids is 1. The van der Waals surface area contributed by atoms with Crippen LogP contribution in [0.1, 0.15) is 19.8 Å². The molecule has 1 aromatic carbocycles. The van der Waals surface area contributed by atoms with Crippen LogP contribution in [0.4, 0.5) is 0 Å². The highest BCUT2D eigenvalue weighted by Gasteiger charge is 2.38. The van der Waals surface area contributed by atoms with Crippen LogP contribution in [0.2, 0.25) is 0 Å². The highest BCUT2D eigenvalue weighted by atomic mass is 32.2. The number of carbonyl (C=O) groups is 2.